The first-order chi connectivity index (χ1) is 16.6. The number of methoxy groups -OCH3 is 1. The van der Waals surface area contributed by atoms with Gasteiger partial charge in [0.05, 0.1) is 20.2 Å². The average molecular weight is 490 g/mol. The van der Waals surface area contributed by atoms with Gasteiger partial charge in [0.25, 0.3) is 0 Å². The maximum absolute atomic E-state index is 13.3. The first-order valence-electron chi connectivity index (χ1n) is 11.8. The fraction of sp³-hybridized carbons (Fsp3) is 0.583. The number of nitrogens with one attached hydrogen (secondary N) is 1. The molecule has 0 saturated carbocycles. The lowest BCUT2D eigenvalue weighted by Crippen LogP contribution is -2.76. The Bertz CT molecular complexity index is 937. The second-order valence-electron chi connectivity index (χ2n) is 9.36. The molecule has 35 heavy (non-hydrogen) atoms. The molecular weight excluding hydrogens is 454 g/mol. The van der Waals surface area contributed by atoms with Gasteiger partial charge in [-0.2, -0.15) is 0 Å². The van der Waals surface area contributed by atoms with Crippen LogP contribution in [-0.2, 0) is 20.9 Å². The van der Waals surface area contributed by atoms with Crippen molar-refractivity contribution >= 4 is 23.8 Å². The molecule has 0 radical (unpaired) electrons. The maximum Gasteiger partial charge on any atom is 0.334 e. The highest BCUT2D eigenvalue weighted by atomic mass is 16.5. The number of hydrazine groups is 1. The summed E-state index contributed by atoms with van der Waals surface area (Å²) in [6, 6.07) is 5.99. The van der Waals surface area contributed by atoms with Gasteiger partial charge in [-0.25, -0.2) is 14.8 Å². The van der Waals surface area contributed by atoms with Crippen molar-refractivity contribution in [1.29, 1.82) is 0 Å². The van der Waals surface area contributed by atoms with Gasteiger partial charge in [-0.15, -0.1) is 0 Å². The fourth-order valence-corrected chi connectivity index (χ4v) is 4.46. The summed E-state index contributed by atoms with van der Waals surface area (Å²) < 4.78 is 5.16. The maximum atomic E-state index is 13.3. The molecule has 0 unspecified atom stereocenters. The van der Waals surface area contributed by atoms with Gasteiger partial charge in [0, 0.05) is 26.6 Å². The number of nitrogens with zero attached hydrogens (tertiary/aromatic N) is 4. The summed E-state index contributed by atoms with van der Waals surface area (Å²) >= 11 is 0. The Kier molecular flexibility index (Phi) is 8.55. The Morgan fingerprint density at radius 1 is 1.20 bits per heavy atom. The van der Waals surface area contributed by atoms with Crippen LogP contribution < -0.4 is 10.1 Å². The monoisotopic (exact) mass is 489 g/mol. The van der Waals surface area contributed by atoms with E-state index in [2.05, 4.69) is 19.2 Å². The fourth-order valence-electron chi connectivity index (χ4n) is 4.46. The summed E-state index contributed by atoms with van der Waals surface area (Å²) in [6.07, 6.45) is -0.206. The summed E-state index contributed by atoms with van der Waals surface area (Å²) in [4.78, 5) is 53.9. The normalized spacial score (nSPS) is 20.8. The third-order valence-electron chi connectivity index (χ3n) is 6.36. The van der Waals surface area contributed by atoms with Crippen molar-refractivity contribution in [2.45, 2.75) is 51.9 Å². The zero-order valence-corrected chi connectivity index (χ0v) is 20.8. The van der Waals surface area contributed by atoms with Gasteiger partial charge in [0.2, 0.25) is 11.8 Å². The van der Waals surface area contributed by atoms with Gasteiger partial charge in [-0.3, -0.25) is 14.4 Å². The molecule has 3 rings (SSSR count). The van der Waals surface area contributed by atoms with Crippen LogP contribution >= 0.6 is 0 Å². The van der Waals surface area contributed by atoms with Crippen LogP contribution in [0.2, 0.25) is 0 Å². The molecule has 11 nitrogen and oxygen atoms in total. The van der Waals surface area contributed by atoms with Gasteiger partial charge in [-0.05, 0) is 36.5 Å². The van der Waals surface area contributed by atoms with Crippen LogP contribution in [0.4, 0.5) is 4.79 Å². The summed E-state index contributed by atoms with van der Waals surface area (Å²) in [5.74, 6) is -0.531. The van der Waals surface area contributed by atoms with Crippen LogP contribution in [0.15, 0.2) is 24.3 Å². The molecule has 2 aliphatic heterocycles. The number of fused-ring (bicyclic) bond motifs is 1. The highest BCUT2D eigenvalue weighted by molar-refractivity contribution is 5.91. The smallest absolute Gasteiger partial charge is 0.334 e. The number of rotatable bonds is 9. The van der Waals surface area contributed by atoms with Gasteiger partial charge in [0.15, 0.2) is 0 Å². The summed E-state index contributed by atoms with van der Waals surface area (Å²) in [5.41, 5.74) is 0.878. The number of ether oxygens (including phenoxy) is 1. The Hall–Kier alpha value is -3.34. The molecular formula is C24H35N5O6. The molecule has 2 N–H and O–H groups in total. The van der Waals surface area contributed by atoms with E-state index in [0.29, 0.717) is 18.2 Å². The number of urea groups is 1. The summed E-state index contributed by atoms with van der Waals surface area (Å²) in [6.45, 7) is 4.94. The van der Waals surface area contributed by atoms with Crippen molar-refractivity contribution in [3.63, 3.8) is 0 Å². The first kappa shape index (κ1) is 26.3. The molecule has 0 bridgehead atoms. The van der Waals surface area contributed by atoms with Crippen LogP contribution in [0.25, 0.3) is 0 Å². The number of benzene rings is 1. The molecule has 0 spiro atoms. The third kappa shape index (κ3) is 6.21. The van der Waals surface area contributed by atoms with Crippen molar-refractivity contribution in [2.24, 2.45) is 5.92 Å². The van der Waals surface area contributed by atoms with E-state index in [4.69, 9.17) is 4.74 Å². The van der Waals surface area contributed by atoms with E-state index in [1.807, 2.05) is 12.1 Å². The van der Waals surface area contributed by atoms with Crippen molar-refractivity contribution in [2.75, 3.05) is 33.8 Å². The second-order valence-corrected chi connectivity index (χ2v) is 9.36. The quantitative estimate of drug-likeness (QED) is 0.537. The van der Waals surface area contributed by atoms with E-state index < -0.39 is 24.2 Å². The van der Waals surface area contributed by atoms with Gasteiger partial charge in [-0.1, -0.05) is 26.0 Å². The zero-order chi connectivity index (χ0) is 25.7. The molecule has 11 heteroatoms. The number of carboxylic acid groups (broad SMARTS) is 1. The Labute approximate surface area is 205 Å². The van der Waals surface area contributed by atoms with Crippen molar-refractivity contribution in [3.05, 3.63) is 29.8 Å². The third-order valence-corrected chi connectivity index (χ3v) is 6.36. The molecule has 2 atom stereocenters. The van der Waals surface area contributed by atoms with E-state index >= 15 is 0 Å². The van der Waals surface area contributed by atoms with E-state index in [0.717, 1.165) is 12.0 Å². The molecule has 1 aromatic rings. The predicted molar refractivity (Wildman–Crippen MR) is 127 cm³/mol. The summed E-state index contributed by atoms with van der Waals surface area (Å²) in [7, 11) is 3.24. The van der Waals surface area contributed by atoms with Gasteiger partial charge >= 0.3 is 12.0 Å². The minimum Gasteiger partial charge on any atom is -0.497 e. The number of aliphatic carboxylic acids is 1. The highest BCUT2D eigenvalue weighted by Crippen LogP contribution is 2.28. The number of carbonyl (C=O) groups is 4. The van der Waals surface area contributed by atoms with Gasteiger partial charge < -0.3 is 25.0 Å². The van der Waals surface area contributed by atoms with E-state index in [-0.39, 0.29) is 44.3 Å². The van der Waals surface area contributed by atoms with Crippen molar-refractivity contribution in [1.82, 2.24) is 25.1 Å². The minimum atomic E-state index is -1.04. The molecule has 4 amide bonds. The molecule has 2 aliphatic rings. The largest absolute Gasteiger partial charge is 0.497 e. The van der Waals surface area contributed by atoms with E-state index in [1.165, 1.54) is 9.91 Å². The lowest BCUT2D eigenvalue weighted by molar-refractivity contribution is -0.187. The molecule has 2 saturated heterocycles. The standard InChI is InChI=1S/C24H35N5O6/c1-16(2)11-12-27-14-20-28(19(23(27)33)9-10-22(31)32)21(30)15-26(3)29(20)24(34)25-13-17-5-7-18(35-4)8-6-17/h5-8,16,19-20H,9-15H2,1-4H3,(H,25,34)(H,31,32)/t19-,20-/m0/s1. The number of piperazine rings is 1. The van der Waals surface area contributed by atoms with E-state index in [1.54, 1.807) is 36.2 Å². The number of hydrogen-bond donors (Lipinski definition) is 2. The first-order valence-corrected chi connectivity index (χ1v) is 11.8. The molecule has 1 aromatic carbocycles. The zero-order valence-electron chi connectivity index (χ0n) is 20.8. The van der Waals surface area contributed by atoms with Crippen LogP contribution in [0.1, 0.15) is 38.7 Å². The number of hydrogen-bond acceptors (Lipinski definition) is 6. The Balaban J connectivity index is 1.82. The van der Waals surface area contributed by atoms with Crippen molar-refractivity contribution < 1.29 is 29.0 Å². The van der Waals surface area contributed by atoms with Crippen LogP contribution in [-0.4, -0.2) is 94.7 Å². The molecule has 0 aromatic heterocycles. The number of carboxylic acids is 1. The molecule has 0 aliphatic carbocycles. The highest BCUT2D eigenvalue weighted by Gasteiger charge is 2.50. The second kappa shape index (κ2) is 11.4. The topological polar surface area (TPSA) is 123 Å². The SMILES string of the molecule is COc1ccc(CNC(=O)N2[C@H]3CN(CCC(C)C)C(=O)[C@H](CCC(=O)O)N3C(=O)CN2C)cc1. The minimum absolute atomic E-state index is 0.000390. The number of amides is 4. The van der Waals surface area contributed by atoms with Gasteiger partial charge in [0.1, 0.15) is 18.0 Å². The van der Waals surface area contributed by atoms with Crippen LogP contribution in [0, 0.1) is 5.92 Å². The average Bonchev–Trinajstić information content (AvgIpc) is 2.81. The lowest BCUT2D eigenvalue weighted by Gasteiger charge is -2.54. The number of likely N-dealkylation sites (N-methyl/N-ethyl adjacent to an activating group) is 1. The summed E-state index contributed by atoms with van der Waals surface area (Å²) in [5, 5.41) is 15.1. The Morgan fingerprint density at radius 2 is 1.89 bits per heavy atom. The van der Waals surface area contributed by atoms with E-state index in [9.17, 15) is 24.3 Å². The predicted octanol–water partition coefficient (Wildman–Crippen LogP) is 1.34. The van der Waals surface area contributed by atoms with Crippen LogP contribution in [0.5, 0.6) is 5.75 Å². The van der Waals surface area contributed by atoms with Crippen molar-refractivity contribution in [3.8, 4) is 5.75 Å². The molecule has 192 valence electrons. The van der Waals surface area contributed by atoms with Crippen LogP contribution in [0.3, 0.4) is 0 Å². The molecule has 2 heterocycles. The lowest BCUT2D eigenvalue weighted by atomic mass is 10.0. The molecule has 2 fully saturated rings. The number of carbonyl (C=O) groups excluding carboxylic acids is 3. The Morgan fingerprint density at radius 3 is 2.49 bits per heavy atom.